The fourth-order valence-corrected chi connectivity index (χ4v) is 3.62. The van der Waals surface area contributed by atoms with Gasteiger partial charge in [0.15, 0.2) is 0 Å². The van der Waals surface area contributed by atoms with E-state index < -0.39 is 5.97 Å². The van der Waals surface area contributed by atoms with Crippen molar-refractivity contribution in [3.05, 3.63) is 76.5 Å². The van der Waals surface area contributed by atoms with Crippen LogP contribution in [0, 0.1) is 6.92 Å². The third-order valence-corrected chi connectivity index (χ3v) is 5.18. The highest BCUT2D eigenvalue weighted by molar-refractivity contribution is 7.98. The average molecular weight is 379 g/mol. The molecule has 27 heavy (non-hydrogen) atoms. The zero-order valence-corrected chi connectivity index (χ0v) is 16.6. The summed E-state index contributed by atoms with van der Waals surface area (Å²) < 4.78 is 4.95. The number of rotatable bonds is 4. The number of ether oxygens (including phenoxy) is 1. The average Bonchev–Trinajstić information content (AvgIpc) is 2.91. The number of hydrogen-bond donors (Lipinski definition) is 0. The van der Waals surface area contributed by atoms with Crippen molar-refractivity contribution in [1.29, 1.82) is 0 Å². The Morgan fingerprint density at radius 1 is 1.11 bits per heavy atom. The highest BCUT2D eigenvalue weighted by Gasteiger charge is 2.37. The van der Waals surface area contributed by atoms with Crippen LogP contribution in [-0.4, -0.2) is 25.2 Å². The number of carbonyl (C=O) groups excluding carboxylic acids is 2. The Hall–Kier alpha value is -2.79. The standard InChI is InChI=1S/C22H21NO3S/c1-14-7-5-8-16(11-14)12-19-20(22(25)26-3)15(2)23(21(19)24)17-9-6-10-18(13-17)27-4/h5-13H,1-4H3/b19-12-. The molecule has 0 radical (unpaired) electrons. The number of thioether (sulfide) groups is 1. The summed E-state index contributed by atoms with van der Waals surface area (Å²) >= 11 is 1.60. The quantitative estimate of drug-likeness (QED) is 0.443. The van der Waals surface area contributed by atoms with Crippen LogP contribution in [0.5, 0.6) is 0 Å². The van der Waals surface area contributed by atoms with Gasteiger partial charge in [0.25, 0.3) is 5.91 Å². The van der Waals surface area contributed by atoms with E-state index >= 15 is 0 Å². The van der Waals surface area contributed by atoms with Crippen LogP contribution >= 0.6 is 11.8 Å². The summed E-state index contributed by atoms with van der Waals surface area (Å²) in [5, 5.41) is 0. The van der Waals surface area contributed by atoms with Gasteiger partial charge in [0.2, 0.25) is 0 Å². The van der Waals surface area contributed by atoms with E-state index in [1.165, 1.54) is 7.11 Å². The minimum absolute atomic E-state index is 0.229. The first kappa shape index (κ1) is 19.0. The Kier molecular flexibility index (Phi) is 5.51. The van der Waals surface area contributed by atoms with Crippen LogP contribution in [0.4, 0.5) is 5.69 Å². The summed E-state index contributed by atoms with van der Waals surface area (Å²) in [6.07, 6.45) is 3.74. The second-order valence-corrected chi connectivity index (χ2v) is 7.15. The number of hydrogen-bond acceptors (Lipinski definition) is 4. The molecule has 5 heteroatoms. The third kappa shape index (κ3) is 3.69. The molecule has 1 heterocycles. The molecule has 0 saturated carbocycles. The molecule has 3 rings (SSSR count). The van der Waals surface area contributed by atoms with Crippen LogP contribution in [0.2, 0.25) is 0 Å². The second kappa shape index (κ2) is 7.84. The Bertz CT molecular complexity index is 975. The summed E-state index contributed by atoms with van der Waals surface area (Å²) in [5.74, 6) is -0.740. The highest BCUT2D eigenvalue weighted by Crippen LogP contribution is 2.36. The lowest BCUT2D eigenvalue weighted by Crippen LogP contribution is -2.24. The predicted molar refractivity (Wildman–Crippen MR) is 110 cm³/mol. The van der Waals surface area contributed by atoms with Gasteiger partial charge >= 0.3 is 5.97 Å². The van der Waals surface area contributed by atoms with Crippen LogP contribution in [0.25, 0.3) is 6.08 Å². The normalized spacial score (nSPS) is 15.6. The molecule has 1 amide bonds. The number of anilines is 1. The van der Waals surface area contributed by atoms with E-state index in [2.05, 4.69) is 0 Å². The smallest absolute Gasteiger partial charge is 0.340 e. The van der Waals surface area contributed by atoms with E-state index in [0.717, 1.165) is 21.7 Å². The van der Waals surface area contributed by atoms with E-state index in [-0.39, 0.29) is 5.91 Å². The number of nitrogens with zero attached hydrogens (tertiary/aromatic N) is 1. The zero-order valence-electron chi connectivity index (χ0n) is 15.8. The molecule has 1 aliphatic rings. The lowest BCUT2D eigenvalue weighted by Gasteiger charge is -2.18. The molecule has 138 valence electrons. The Labute approximate surface area is 163 Å². The van der Waals surface area contributed by atoms with Crippen molar-refractivity contribution in [2.24, 2.45) is 0 Å². The van der Waals surface area contributed by atoms with Gasteiger partial charge in [-0.25, -0.2) is 4.79 Å². The number of methoxy groups -OCH3 is 1. The van der Waals surface area contributed by atoms with E-state index in [9.17, 15) is 9.59 Å². The lowest BCUT2D eigenvalue weighted by atomic mass is 10.0. The molecule has 0 unspecified atom stereocenters. The van der Waals surface area contributed by atoms with Gasteiger partial charge in [-0.3, -0.25) is 9.69 Å². The zero-order chi connectivity index (χ0) is 19.6. The molecule has 2 aromatic rings. The Balaban J connectivity index is 2.14. The van der Waals surface area contributed by atoms with Gasteiger partial charge in [0.1, 0.15) is 0 Å². The Morgan fingerprint density at radius 3 is 2.52 bits per heavy atom. The van der Waals surface area contributed by atoms with Crippen molar-refractivity contribution in [2.45, 2.75) is 18.7 Å². The fraction of sp³-hybridized carbons (Fsp3) is 0.182. The maximum Gasteiger partial charge on any atom is 0.340 e. The van der Waals surface area contributed by atoms with Gasteiger partial charge in [-0.05, 0) is 49.9 Å². The monoisotopic (exact) mass is 379 g/mol. The van der Waals surface area contributed by atoms with Crippen molar-refractivity contribution in [3.8, 4) is 0 Å². The lowest BCUT2D eigenvalue weighted by molar-refractivity contribution is -0.136. The topological polar surface area (TPSA) is 46.6 Å². The van der Waals surface area contributed by atoms with Crippen LogP contribution < -0.4 is 4.90 Å². The SMILES string of the molecule is COC(=O)C1=C(C)N(c2cccc(SC)c2)C(=O)/C1=C\c1cccc(C)c1. The van der Waals surface area contributed by atoms with Crippen molar-refractivity contribution >= 4 is 35.4 Å². The summed E-state index contributed by atoms with van der Waals surface area (Å²) in [6.45, 7) is 3.76. The summed E-state index contributed by atoms with van der Waals surface area (Å²) in [5.41, 5.74) is 3.91. The number of amides is 1. The molecule has 1 aliphatic heterocycles. The van der Waals surface area contributed by atoms with E-state index in [1.54, 1.807) is 29.7 Å². The molecule has 0 N–H and O–H groups in total. The van der Waals surface area contributed by atoms with Gasteiger partial charge in [-0.15, -0.1) is 11.8 Å². The van der Waals surface area contributed by atoms with Gasteiger partial charge in [-0.2, -0.15) is 0 Å². The van der Waals surface area contributed by atoms with Gasteiger partial charge in [0.05, 0.1) is 23.9 Å². The molecule has 0 aliphatic carbocycles. The van der Waals surface area contributed by atoms with Gasteiger partial charge in [-0.1, -0.05) is 35.9 Å². The first-order valence-corrected chi connectivity index (χ1v) is 9.75. The molecular formula is C22H21NO3S. The van der Waals surface area contributed by atoms with E-state index in [1.807, 2.05) is 61.7 Å². The molecule has 4 nitrogen and oxygen atoms in total. The summed E-state index contributed by atoms with van der Waals surface area (Å²) in [4.78, 5) is 28.3. The van der Waals surface area contributed by atoms with Crippen molar-refractivity contribution < 1.29 is 14.3 Å². The molecule has 0 atom stereocenters. The van der Waals surface area contributed by atoms with E-state index in [4.69, 9.17) is 4.74 Å². The Morgan fingerprint density at radius 2 is 1.85 bits per heavy atom. The summed E-state index contributed by atoms with van der Waals surface area (Å²) in [7, 11) is 1.33. The molecule has 0 spiro atoms. The highest BCUT2D eigenvalue weighted by atomic mass is 32.2. The molecule has 0 bridgehead atoms. The van der Waals surface area contributed by atoms with Crippen molar-refractivity contribution in [1.82, 2.24) is 0 Å². The van der Waals surface area contributed by atoms with Crippen LogP contribution in [0.15, 0.2) is 70.3 Å². The number of aryl methyl sites for hydroxylation is 1. The van der Waals surface area contributed by atoms with Crippen molar-refractivity contribution in [3.63, 3.8) is 0 Å². The van der Waals surface area contributed by atoms with Gasteiger partial charge < -0.3 is 4.74 Å². The first-order chi connectivity index (χ1) is 13.0. The third-order valence-electron chi connectivity index (χ3n) is 4.45. The second-order valence-electron chi connectivity index (χ2n) is 6.27. The van der Waals surface area contributed by atoms with Crippen LogP contribution in [-0.2, 0) is 14.3 Å². The number of benzene rings is 2. The maximum atomic E-state index is 13.2. The molecule has 2 aromatic carbocycles. The van der Waals surface area contributed by atoms with Crippen molar-refractivity contribution in [2.75, 3.05) is 18.3 Å². The van der Waals surface area contributed by atoms with Crippen LogP contribution in [0.1, 0.15) is 18.1 Å². The first-order valence-electron chi connectivity index (χ1n) is 8.52. The predicted octanol–water partition coefficient (Wildman–Crippen LogP) is 4.59. The number of esters is 1. The molecule has 0 aromatic heterocycles. The number of carbonyl (C=O) groups is 2. The minimum atomic E-state index is -0.511. The fourth-order valence-electron chi connectivity index (χ4n) is 3.17. The molecule has 0 saturated heterocycles. The molecule has 0 fully saturated rings. The maximum absolute atomic E-state index is 13.2. The largest absolute Gasteiger partial charge is 0.465 e. The summed E-state index contributed by atoms with van der Waals surface area (Å²) in [6, 6.07) is 15.5. The van der Waals surface area contributed by atoms with Gasteiger partial charge in [0, 0.05) is 10.6 Å². The van der Waals surface area contributed by atoms with E-state index in [0.29, 0.717) is 16.8 Å². The molecular weight excluding hydrogens is 358 g/mol. The van der Waals surface area contributed by atoms with Crippen LogP contribution in [0.3, 0.4) is 0 Å². The number of allylic oxidation sites excluding steroid dienone is 1. The minimum Gasteiger partial charge on any atom is -0.465 e.